The highest BCUT2D eigenvalue weighted by Crippen LogP contribution is 2.25. The van der Waals surface area contributed by atoms with Crippen LogP contribution in [0.25, 0.3) is 0 Å². The van der Waals surface area contributed by atoms with Crippen molar-refractivity contribution in [1.29, 1.82) is 0 Å². The van der Waals surface area contributed by atoms with E-state index in [0.29, 0.717) is 10.7 Å². The van der Waals surface area contributed by atoms with Gasteiger partial charge in [0.25, 0.3) is 11.6 Å². The molecule has 7 nitrogen and oxygen atoms in total. The predicted octanol–water partition coefficient (Wildman–Crippen LogP) is 3.70. The first kappa shape index (κ1) is 17.7. The Hall–Kier alpha value is -2.64. The molecule has 0 radical (unpaired) electrons. The fourth-order valence-corrected chi connectivity index (χ4v) is 2.04. The van der Waals surface area contributed by atoms with Crippen LogP contribution in [0.5, 0.6) is 0 Å². The molecule has 1 N–H and O–H groups in total. The van der Waals surface area contributed by atoms with Crippen molar-refractivity contribution in [3.05, 3.63) is 68.2 Å². The Kier molecular flexibility index (Phi) is 5.73. The van der Waals surface area contributed by atoms with E-state index in [1.807, 2.05) is 0 Å². The minimum atomic E-state index is -0.874. The summed E-state index contributed by atoms with van der Waals surface area (Å²) < 4.78 is 4.82. The summed E-state index contributed by atoms with van der Waals surface area (Å²) in [7, 11) is 0. The van der Waals surface area contributed by atoms with Crippen LogP contribution in [0.4, 0.5) is 11.4 Å². The number of carbonyl (C=O) groups is 2. The molecule has 1 amide bonds. The van der Waals surface area contributed by atoms with Crippen LogP contribution in [0.1, 0.15) is 10.4 Å². The van der Waals surface area contributed by atoms with Crippen molar-refractivity contribution in [2.45, 2.75) is 0 Å². The summed E-state index contributed by atoms with van der Waals surface area (Å²) in [5.74, 6) is -1.44. The standard InChI is InChI=1S/C15H10Cl2N2O5/c16-10-2-4-11(5-3-10)18-14(20)8-24-15(21)9-1-6-12(17)13(7-9)19(22)23/h1-7H,8H2,(H,18,20). The number of anilines is 1. The highest BCUT2D eigenvalue weighted by Gasteiger charge is 2.18. The number of ether oxygens (including phenoxy) is 1. The molecule has 0 aliphatic carbocycles. The van der Waals surface area contributed by atoms with Crippen molar-refractivity contribution >= 4 is 46.5 Å². The van der Waals surface area contributed by atoms with Gasteiger partial charge >= 0.3 is 5.97 Å². The zero-order chi connectivity index (χ0) is 17.7. The number of nitro groups is 1. The maximum absolute atomic E-state index is 11.8. The Morgan fingerprint density at radius 2 is 1.79 bits per heavy atom. The Balaban J connectivity index is 1.95. The molecule has 0 atom stereocenters. The van der Waals surface area contributed by atoms with E-state index in [0.717, 1.165) is 6.07 Å². The molecule has 0 heterocycles. The molecular weight excluding hydrogens is 359 g/mol. The van der Waals surface area contributed by atoms with Crippen LogP contribution in [0, 0.1) is 10.1 Å². The summed E-state index contributed by atoms with van der Waals surface area (Å²) in [5, 5.41) is 13.7. The first-order chi connectivity index (χ1) is 11.4. The average molecular weight is 369 g/mol. The van der Waals surface area contributed by atoms with Crippen LogP contribution >= 0.6 is 23.2 Å². The zero-order valence-corrected chi connectivity index (χ0v) is 13.5. The summed E-state index contributed by atoms with van der Waals surface area (Å²) in [4.78, 5) is 33.6. The number of nitro benzene ring substituents is 1. The largest absolute Gasteiger partial charge is 0.452 e. The zero-order valence-electron chi connectivity index (χ0n) is 12.0. The molecule has 2 aromatic rings. The first-order valence-electron chi connectivity index (χ1n) is 6.53. The molecular formula is C15H10Cl2N2O5. The number of esters is 1. The molecule has 24 heavy (non-hydrogen) atoms. The number of benzene rings is 2. The predicted molar refractivity (Wildman–Crippen MR) is 88.5 cm³/mol. The van der Waals surface area contributed by atoms with Crippen molar-refractivity contribution in [1.82, 2.24) is 0 Å². The lowest BCUT2D eigenvalue weighted by atomic mass is 10.2. The van der Waals surface area contributed by atoms with E-state index in [2.05, 4.69) is 5.32 Å². The number of rotatable bonds is 5. The van der Waals surface area contributed by atoms with Gasteiger partial charge in [-0.2, -0.15) is 0 Å². The molecule has 2 aromatic carbocycles. The lowest BCUT2D eigenvalue weighted by Gasteiger charge is -2.07. The molecule has 0 aliphatic rings. The molecule has 0 spiro atoms. The maximum atomic E-state index is 11.8. The Labute approximate surface area is 146 Å². The van der Waals surface area contributed by atoms with Gasteiger partial charge in [-0.3, -0.25) is 14.9 Å². The molecule has 2 rings (SSSR count). The van der Waals surface area contributed by atoms with E-state index in [4.69, 9.17) is 27.9 Å². The second-order valence-corrected chi connectivity index (χ2v) is 5.40. The van der Waals surface area contributed by atoms with Crippen molar-refractivity contribution in [3.8, 4) is 0 Å². The molecule has 0 fully saturated rings. The van der Waals surface area contributed by atoms with Gasteiger partial charge < -0.3 is 10.1 Å². The van der Waals surface area contributed by atoms with Gasteiger partial charge in [0.1, 0.15) is 5.02 Å². The Bertz CT molecular complexity index is 793. The molecule has 9 heteroatoms. The van der Waals surface area contributed by atoms with E-state index in [-0.39, 0.29) is 10.6 Å². The normalized spacial score (nSPS) is 10.1. The number of amides is 1. The molecule has 0 saturated carbocycles. The maximum Gasteiger partial charge on any atom is 0.338 e. The molecule has 0 bridgehead atoms. The topological polar surface area (TPSA) is 98.5 Å². The second kappa shape index (κ2) is 7.76. The number of carbonyl (C=O) groups excluding carboxylic acids is 2. The highest BCUT2D eigenvalue weighted by molar-refractivity contribution is 6.32. The first-order valence-corrected chi connectivity index (χ1v) is 7.29. The van der Waals surface area contributed by atoms with Gasteiger partial charge in [0.15, 0.2) is 6.61 Å². The second-order valence-electron chi connectivity index (χ2n) is 4.55. The van der Waals surface area contributed by atoms with Gasteiger partial charge in [0, 0.05) is 16.8 Å². The molecule has 124 valence electrons. The summed E-state index contributed by atoms with van der Waals surface area (Å²) in [6, 6.07) is 9.84. The minimum Gasteiger partial charge on any atom is -0.452 e. The summed E-state index contributed by atoms with van der Waals surface area (Å²) in [5.41, 5.74) is -0.00953. The van der Waals surface area contributed by atoms with Crippen molar-refractivity contribution in [3.63, 3.8) is 0 Å². The van der Waals surface area contributed by atoms with Crippen LogP contribution < -0.4 is 5.32 Å². The Morgan fingerprint density at radius 1 is 1.12 bits per heavy atom. The monoisotopic (exact) mass is 368 g/mol. The fourth-order valence-electron chi connectivity index (χ4n) is 1.72. The molecule has 0 saturated heterocycles. The quantitative estimate of drug-likeness (QED) is 0.492. The summed E-state index contributed by atoms with van der Waals surface area (Å²) >= 11 is 11.4. The number of hydrogen-bond donors (Lipinski definition) is 1. The van der Waals surface area contributed by atoms with Crippen molar-refractivity contribution < 1.29 is 19.2 Å². The van der Waals surface area contributed by atoms with Gasteiger partial charge in [-0.25, -0.2) is 4.79 Å². The third-order valence-electron chi connectivity index (χ3n) is 2.84. The van der Waals surface area contributed by atoms with E-state index in [9.17, 15) is 19.7 Å². The van der Waals surface area contributed by atoms with Gasteiger partial charge in [-0.1, -0.05) is 23.2 Å². The van der Waals surface area contributed by atoms with Gasteiger partial charge in [0.05, 0.1) is 10.5 Å². The van der Waals surface area contributed by atoms with E-state index >= 15 is 0 Å². The average Bonchev–Trinajstić information content (AvgIpc) is 2.55. The van der Waals surface area contributed by atoms with E-state index in [1.54, 1.807) is 24.3 Å². The van der Waals surface area contributed by atoms with Gasteiger partial charge in [-0.05, 0) is 36.4 Å². The molecule has 0 aromatic heterocycles. The van der Waals surface area contributed by atoms with Crippen LogP contribution in [0.15, 0.2) is 42.5 Å². The highest BCUT2D eigenvalue weighted by atomic mass is 35.5. The molecule has 0 unspecified atom stereocenters. The van der Waals surface area contributed by atoms with Gasteiger partial charge in [-0.15, -0.1) is 0 Å². The van der Waals surface area contributed by atoms with Crippen LogP contribution in [0.3, 0.4) is 0 Å². The summed E-state index contributed by atoms with van der Waals surface area (Å²) in [6.07, 6.45) is 0. The lowest BCUT2D eigenvalue weighted by molar-refractivity contribution is -0.384. The number of nitrogens with zero attached hydrogens (tertiary/aromatic N) is 1. The van der Waals surface area contributed by atoms with E-state index in [1.165, 1.54) is 12.1 Å². The number of hydrogen-bond acceptors (Lipinski definition) is 5. The summed E-state index contributed by atoms with van der Waals surface area (Å²) in [6.45, 7) is -0.544. The smallest absolute Gasteiger partial charge is 0.338 e. The van der Waals surface area contributed by atoms with E-state index < -0.39 is 29.1 Å². The third kappa shape index (κ3) is 4.68. The number of halogens is 2. The Morgan fingerprint density at radius 3 is 2.42 bits per heavy atom. The van der Waals surface area contributed by atoms with Crippen molar-refractivity contribution in [2.75, 3.05) is 11.9 Å². The number of nitrogens with one attached hydrogen (secondary N) is 1. The minimum absolute atomic E-state index is 0.0783. The SMILES string of the molecule is O=C(COC(=O)c1ccc(Cl)c([N+](=O)[O-])c1)Nc1ccc(Cl)cc1. The molecule has 0 aliphatic heterocycles. The van der Waals surface area contributed by atoms with Crippen LogP contribution in [-0.2, 0) is 9.53 Å². The van der Waals surface area contributed by atoms with Crippen molar-refractivity contribution in [2.24, 2.45) is 0 Å². The van der Waals surface area contributed by atoms with Crippen LogP contribution in [0.2, 0.25) is 10.0 Å². The lowest BCUT2D eigenvalue weighted by Crippen LogP contribution is -2.20. The fraction of sp³-hybridized carbons (Fsp3) is 0.0667. The third-order valence-corrected chi connectivity index (χ3v) is 3.41. The van der Waals surface area contributed by atoms with Gasteiger partial charge in [0.2, 0.25) is 0 Å². The van der Waals surface area contributed by atoms with Crippen LogP contribution in [-0.4, -0.2) is 23.4 Å².